The molecule has 3 aromatic heterocycles. The lowest BCUT2D eigenvalue weighted by atomic mass is 10.2. The molecule has 22 heavy (non-hydrogen) atoms. The molecule has 4 aromatic rings. The van der Waals surface area contributed by atoms with E-state index in [9.17, 15) is 9.18 Å². The van der Waals surface area contributed by atoms with E-state index in [1.165, 1.54) is 12.3 Å². The Labute approximate surface area is 123 Å². The van der Waals surface area contributed by atoms with Gasteiger partial charge >= 0.3 is 0 Å². The van der Waals surface area contributed by atoms with Crippen LogP contribution in [0, 0.1) is 5.82 Å². The summed E-state index contributed by atoms with van der Waals surface area (Å²) in [5.74, 6) is 0.0406. The molecule has 3 N–H and O–H groups in total. The van der Waals surface area contributed by atoms with E-state index in [0.717, 1.165) is 0 Å². The van der Waals surface area contributed by atoms with Gasteiger partial charge in [-0.05, 0) is 30.3 Å². The van der Waals surface area contributed by atoms with Crippen molar-refractivity contribution in [2.75, 3.05) is 5.32 Å². The van der Waals surface area contributed by atoms with Gasteiger partial charge in [0.15, 0.2) is 5.82 Å². The molecule has 0 saturated carbocycles. The molecule has 1 aromatic carbocycles. The first-order valence-electron chi connectivity index (χ1n) is 6.59. The standard InChI is InChI=1S/C15H10FN5O/c16-10-3-5-17-11-2-1-8(7-9(10)11)19-14-13-12(20-21-14)4-6-18-15(13)22/h1-7H,(H,18,22)(H2,19,20,21). The van der Waals surface area contributed by atoms with Gasteiger partial charge in [-0.25, -0.2) is 4.39 Å². The van der Waals surface area contributed by atoms with Crippen LogP contribution in [0.2, 0.25) is 0 Å². The second kappa shape index (κ2) is 4.66. The molecule has 4 rings (SSSR count). The Kier molecular flexibility index (Phi) is 2.65. The monoisotopic (exact) mass is 295 g/mol. The number of fused-ring (bicyclic) bond motifs is 2. The minimum absolute atomic E-state index is 0.248. The first kappa shape index (κ1) is 12.5. The predicted molar refractivity (Wildman–Crippen MR) is 81.7 cm³/mol. The molecule has 0 bridgehead atoms. The second-order valence-electron chi connectivity index (χ2n) is 4.82. The summed E-state index contributed by atoms with van der Waals surface area (Å²) in [6, 6.07) is 8.13. The largest absolute Gasteiger partial charge is 0.338 e. The number of benzene rings is 1. The number of halogens is 1. The molecule has 0 saturated heterocycles. The van der Waals surface area contributed by atoms with Gasteiger partial charge in [0.1, 0.15) is 11.2 Å². The molecule has 0 aliphatic rings. The molecule has 0 fully saturated rings. The normalized spacial score (nSPS) is 11.1. The highest BCUT2D eigenvalue weighted by molar-refractivity contribution is 5.91. The van der Waals surface area contributed by atoms with Crippen LogP contribution in [0.4, 0.5) is 15.9 Å². The zero-order chi connectivity index (χ0) is 15.1. The molecule has 108 valence electrons. The van der Waals surface area contributed by atoms with E-state index in [-0.39, 0.29) is 11.4 Å². The molecule has 0 atom stereocenters. The third kappa shape index (κ3) is 1.91. The van der Waals surface area contributed by atoms with Crippen molar-refractivity contribution >= 4 is 33.3 Å². The molecular weight excluding hydrogens is 285 g/mol. The number of aromatic nitrogens is 4. The van der Waals surface area contributed by atoms with Crippen molar-refractivity contribution in [3.63, 3.8) is 0 Å². The number of aromatic amines is 2. The number of anilines is 2. The summed E-state index contributed by atoms with van der Waals surface area (Å²) in [6.45, 7) is 0. The first-order valence-corrected chi connectivity index (χ1v) is 6.59. The minimum atomic E-state index is -0.349. The van der Waals surface area contributed by atoms with Crippen molar-refractivity contribution in [3.05, 3.63) is 58.9 Å². The number of pyridine rings is 2. The third-order valence-electron chi connectivity index (χ3n) is 3.44. The van der Waals surface area contributed by atoms with Gasteiger partial charge in [0.25, 0.3) is 5.56 Å². The zero-order valence-corrected chi connectivity index (χ0v) is 11.2. The van der Waals surface area contributed by atoms with Gasteiger partial charge in [-0.1, -0.05) is 0 Å². The molecule has 0 spiro atoms. The Morgan fingerprint density at radius 1 is 1.18 bits per heavy atom. The van der Waals surface area contributed by atoms with Crippen LogP contribution in [-0.4, -0.2) is 20.2 Å². The number of nitrogens with zero attached hydrogens (tertiary/aromatic N) is 2. The van der Waals surface area contributed by atoms with Gasteiger partial charge in [0, 0.05) is 23.5 Å². The van der Waals surface area contributed by atoms with E-state index in [1.54, 1.807) is 30.5 Å². The lowest BCUT2D eigenvalue weighted by Crippen LogP contribution is -2.05. The van der Waals surface area contributed by atoms with Crippen LogP contribution in [0.5, 0.6) is 0 Å². The Morgan fingerprint density at radius 2 is 2.09 bits per heavy atom. The maximum Gasteiger partial charge on any atom is 0.261 e. The van der Waals surface area contributed by atoms with Gasteiger partial charge in [-0.2, -0.15) is 5.10 Å². The minimum Gasteiger partial charge on any atom is -0.338 e. The fourth-order valence-electron chi connectivity index (χ4n) is 2.40. The van der Waals surface area contributed by atoms with Crippen LogP contribution in [0.1, 0.15) is 0 Å². The summed E-state index contributed by atoms with van der Waals surface area (Å²) < 4.78 is 13.8. The van der Waals surface area contributed by atoms with Crippen LogP contribution in [-0.2, 0) is 0 Å². The molecule has 0 aliphatic heterocycles. The topological polar surface area (TPSA) is 86.5 Å². The van der Waals surface area contributed by atoms with E-state index in [1.807, 2.05) is 0 Å². The smallest absolute Gasteiger partial charge is 0.261 e. The predicted octanol–water partition coefficient (Wildman–Crippen LogP) is 2.68. The second-order valence-corrected chi connectivity index (χ2v) is 4.82. The van der Waals surface area contributed by atoms with Crippen molar-refractivity contribution in [1.82, 2.24) is 20.2 Å². The van der Waals surface area contributed by atoms with E-state index in [4.69, 9.17) is 0 Å². The SMILES string of the molecule is O=c1[nH]ccc2[nH]nc(Nc3ccc4nccc(F)c4c3)c12. The van der Waals surface area contributed by atoms with Crippen LogP contribution < -0.4 is 10.9 Å². The zero-order valence-electron chi connectivity index (χ0n) is 11.2. The Morgan fingerprint density at radius 3 is 3.00 bits per heavy atom. The highest BCUT2D eigenvalue weighted by Crippen LogP contribution is 2.24. The Bertz CT molecular complexity index is 1050. The molecule has 0 amide bonds. The van der Waals surface area contributed by atoms with Gasteiger partial charge in [-0.15, -0.1) is 0 Å². The van der Waals surface area contributed by atoms with E-state index < -0.39 is 0 Å². The number of nitrogens with one attached hydrogen (secondary N) is 3. The van der Waals surface area contributed by atoms with Crippen LogP contribution >= 0.6 is 0 Å². The molecule has 0 aliphatic carbocycles. The molecule has 3 heterocycles. The number of hydrogen-bond donors (Lipinski definition) is 3. The Hall–Kier alpha value is -3.22. The summed E-state index contributed by atoms with van der Waals surface area (Å²) in [5, 5.41) is 10.7. The quantitative estimate of drug-likeness (QED) is 0.530. The fourth-order valence-corrected chi connectivity index (χ4v) is 2.40. The summed E-state index contributed by atoms with van der Waals surface area (Å²) in [5.41, 5.74) is 1.56. The average molecular weight is 295 g/mol. The average Bonchev–Trinajstić information content (AvgIpc) is 2.93. The summed E-state index contributed by atoms with van der Waals surface area (Å²) >= 11 is 0. The highest BCUT2D eigenvalue weighted by Gasteiger charge is 2.10. The van der Waals surface area contributed by atoms with Crippen LogP contribution in [0.15, 0.2) is 47.5 Å². The van der Waals surface area contributed by atoms with E-state index >= 15 is 0 Å². The number of H-pyrrole nitrogens is 2. The van der Waals surface area contributed by atoms with Crippen LogP contribution in [0.3, 0.4) is 0 Å². The van der Waals surface area contributed by atoms with Gasteiger partial charge in [0.05, 0.1) is 11.0 Å². The van der Waals surface area contributed by atoms with Crippen molar-refractivity contribution in [2.45, 2.75) is 0 Å². The summed E-state index contributed by atoms with van der Waals surface area (Å²) in [7, 11) is 0. The van der Waals surface area contributed by atoms with Gasteiger partial charge < -0.3 is 10.3 Å². The summed E-state index contributed by atoms with van der Waals surface area (Å²) in [6.07, 6.45) is 2.97. The lowest BCUT2D eigenvalue weighted by Gasteiger charge is -2.05. The van der Waals surface area contributed by atoms with E-state index in [2.05, 4.69) is 25.5 Å². The number of rotatable bonds is 2. The van der Waals surface area contributed by atoms with Crippen molar-refractivity contribution < 1.29 is 4.39 Å². The maximum absolute atomic E-state index is 13.8. The molecule has 7 heteroatoms. The molecular formula is C15H10FN5O. The van der Waals surface area contributed by atoms with Crippen molar-refractivity contribution in [3.8, 4) is 0 Å². The van der Waals surface area contributed by atoms with Crippen molar-refractivity contribution in [2.24, 2.45) is 0 Å². The van der Waals surface area contributed by atoms with Crippen molar-refractivity contribution in [1.29, 1.82) is 0 Å². The first-order chi connectivity index (χ1) is 10.7. The lowest BCUT2D eigenvalue weighted by molar-refractivity contribution is 0.638. The Balaban J connectivity index is 1.83. The third-order valence-corrected chi connectivity index (χ3v) is 3.44. The maximum atomic E-state index is 13.8. The van der Waals surface area contributed by atoms with Gasteiger partial charge in [-0.3, -0.25) is 14.9 Å². The highest BCUT2D eigenvalue weighted by atomic mass is 19.1. The summed E-state index contributed by atoms with van der Waals surface area (Å²) in [4.78, 5) is 18.6. The van der Waals surface area contributed by atoms with Crippen LogP contribution in [0.25, 0.3) is 21.8 Å². The number of hydrogen-bond acceptors (Lipinski definition) is 4. The molecule has 6 nitrogen and oxygen atoms in total. The molecule has 0 radical (unpaired) electrons. The molecule has 0 unspecified atom stereocenters. The fraction of sp³-hybridized carbons (Fsp3) is 0. The van der Waals surface area contributed by atoms with E-state index in [0.29, 0.717) is 33.3 Å². The van der Waals surface area contributed by atoms with Gasteiger partial charge in [0.2, 0.25) is 0 Å².